The number of fused-ring (bicyclic) bond motifs is 6. The van der Waals surface area contributed by atoms with Gasteiger partial charge in [0.1, 0.15) is 0 Å². The highest BCUT2D eigenvalue weighted by Crippen LogP contribution is 2.37. The smallest absolute Gasteiger partial charge is 0.398 e. The average Bonchev–Trinajstić information content (AvgIpc) is 2.89. The van der Waals surface area contributed by atoms with E-state index in [0.29, 0.717) is 0 Å². The highest BCUT2D eigenvalue weighted by Gasteiger charge is 2.52. The Bertz CT molecular complexity index is 1150. The van der Waals surface area contributed by atoms with Gasteiger partial charge in [0, 0.05) is 10.8 Å². The van der Waals surface area contributed by atoms with Crippen LogP contribution in [0.1, 0.15) is 27.7 Å². The minimum absolute atomic E-state index is 0.375. The topological polar surface area (TPSA) is 31.4 Å². The number of benzene rings is 3. The number of aromatic nitrogens is 1. The average molecular weight is 355 g/mol. The third-order valence-electron chi connectivity index (χ3n) is 6.10. The third-order valence-corrected chi connectivity index (χ3v) is 6.10. The molecule has 1 aliphatic rings. The van der Waals surface area contributed by atoms with E-state index >= 15 is 0 Å². The van der Waals surface area contributed by atoms with Crippen LogP contribution in [0.2, 0.25) is 0 Å². The standard InChI is InChI=1S/C23H22BNO2/c1-22(2)23(3,4)27-24(26-22)20-14-13-19-17-11-6-5-9-15(17)16-10-7-8-12-18(16)21(19)25-20/h5-14H,1-4H3. The van der Waals surface area contributed by atoms with E-state index in [-0.39, 0.29) is 11.2 Å². The third kappa shape index (κ3) is 2.40. The van der Waals surface area contributed by atoms with Gasteiger partial charge < -0.3 is 9.31 Å². The van der Waals surface area contributed by atoms with Crippen molar-refractivity contribution in [2.75, 3.05) is 0 Å². The van der Waals surface area contributed by atoms with Gasteiger partial charge in [0.2, 0.25) is 0 Å². The summed E-state index contributed by atoms with van der Waals surface area (Å²) in [5, 5.41) is 6.01. The number of nitrogens with zero attached hydrogens (tertiary/aromatic N) is 1. The lowest BCUT2D eigenvalue weighted by Crippen LogP contribution is -2.41. The summed E-state index contributed by atoms with van der Waals surface area (Å²) in [5.74, 6) is 0. The minimum Gasteiger partial charge on any atom is -0.398 e. The zero-order valence-electron chi connectivity index (χ0n) is 16.1. The normalized spacial score (nSPS) is 18.6. The maximum Gasteiger partial charge on any atom is 0.514 e. The summed E-state index contributed by atoms with van der Waals surface area (Å²) in [4.78, 5) is 5.02. The van der Waals surface area contributed by atoms with Gasteiger partial charge in [-0.05, 0) is 49.9 Å². The van der Waals surface area contributed by atoms with Gasteiger partial charge in [0.25, 0.3) is 0 Å². The van der Waals surface area contributed by atoms with E-state index in [4.69, 9.17) is 14.3 Å². The summed E-state index contributed by atoms with van der Waals surface area (Å²) in [6.07, 6.45) is 0. The van der Waals surface area contributed by atoms with Crippen LogP contribution in [0.5, 0.6) is 0 Å². The van der Waals surface area contributed by atoms with E-state index in [1.54, 1.807) is 0 Å². The van der Waals surface area contributed by atoms with Crippen molar-refractivity contribution in [3.05, 3.63) is 60.7 Å². The van der Waals surface area contributed by atoms with Crippen molar-refractivity contribution in [1.29, 1.82) is 0 Å². The molecule has 1 saturated heterocycles. The van der Waals surface area contributed by atoms with E-state index < -0.39 is 7.12 Å². The molecular formula is C23H22BNO2. The fourth-order valence-corrected chi connectivity index (χ4v) is 3.87. The van der Waals surface area contributed by atoms with Crippen LogP contribution in [0.25, 0.3) is 32.4 Å². The van der Waals surface area contributed by atoms with Crippen LogP contribution in [-0.2, 0) is 9.31 Å². The van der Waals surface area contributed by atoms with Crippen molar-refractivity contribution in [1.82, 2.24) is 4.98 Å². The molecule has 0 spiro atoms. The minimum atomic E-state index is -0.454. The van der Waals surface area contributed by atoms with Gasteiger partial charge in [0.15, 0.2) is 0 Å². The second-order valence-electron chi connectivity index (χ2n) is 8.31. The molecule has 4 aromatic rings. The Hall–Kier alpha value is -2.43. The molecule has 4 heteroatoms. The predicted molar refractivity (Wildman–Crippen MR) is 112 cm³/mol. The molecule has 1 aliphatic heterocycles. The van der Waals surface area contributed by atoms with Crippen molar-refractivity contribution < 1.29 is 9.31 Å². The monoisotopic (exact) mass is 355 g/mol. The number of pyridine rings is 1. The molecule has 0 bridgehead atoms. The van der Waals surface area contributed by atoms with Crippen molar-refractivity contribution in [2.45, 2.75) is 38.9 Å². The van der Waals surface area contributed by atoms with Gasteiger partial charge in [-0.1, -0.05) is 54.6 Å². The molecule has 2 heterocycles. The fourth-order valence-electron chi connectivity index (χ4n) is 3.87. The van der Waals surface area contributed by atoms with Crippen LogP contribution in [0.15, 0.2) is 60.7 Å². The molecule has 0 radical (unpaired) electrons. The molecule has 27 heavy (non-hydrogen) atoms. The van der Waals surface area contributed by atoms with Crippen LogP contribution < -0.4 is 5.59 Å². The lowest BCUT2D eigenvalue weighted by molar-refractivity contribution is 0.00578. The Balaban J connectivity index is 1.78. The van der Waals surface area contributed by atoms with Crippen molar-refractivity contribution in [2.24, 2.45) is 0 Å². The molecule has 134 valence electrons. The van der Waals surface area contributed by atoms with Crippen molar-refractivity contribution in [3.8, 4) is 0 Å². The first kappa shape index (κ1) is 16.7. The number of hydrogen-bond acceptors (Lipinski definition) is 3. The molecular weight excluding hydrogens is 333 g/mol. The van der Waals surface area contributed by atoms with Crippen LogP contribution in [0.3, 0.4) is 0 Å². The first-order valence-corrected chi connectivity index (χ1v) is 9.43. The molecule has 0 N–H and O–H groups in total. The van der Waals surface area contributed by atoms with E-state index in [9.17, 15) is 0 Å². The SMILES string of the molecule is CC1(C)OB(c2ccc3c4ccccc4c4ccccc4c3n2)OC1(C)C. The first-order valence-electron chi connectivity index (χ1n) is 9.43. The number of hydrogen-bond donors (Lipinski definition) is 0. The highest BCUT2D eigenvalue weighted by atomic mass is 16.7. The Morgan fingerprint density at radius 1 is 0.630 bits per heavy atom. The summed E-state index contributed by atoms with van der Waals surface area (Å²) >= 11 is 0. The molecule has 0 amide bonds. The lowest BCUT2D eigenvalue weighted by Gasteiger charge is -2.32. The summed E-state index contributed by atoms with van der Waals surface area (Å²) in [6, 6.07) is 21.2. The quantitative estimate of drug-likeness (QED) is 0.362. The van der Waals surface area contributed by atoms with Gasteiger partial charge in [-0.25, -0.2) is 0 Å². The summed E-state index contributed by atoms with van der Waals surface area (Å²) in [5.41, 5.74) is 1.07. The Morgan fingerprint density at radius 3 is 1.63 bits per heavy atom. The summed E-state index contributed by atoms with van der Waals surface area (Å²) < 4.78 is 12.4. The van der Waals surface area contributed by atoms with Crippen molar-refractivity contribution >= 4 is 45.2 Å². The highest BCUT2D eigenvalue weighted by molar-refractivity contribution is 6.61. The van der Waals surface area contributed by atoms with Crippen LogP contribution >= 0.6 is 0 Å². The van der Waals surface area contributed by atoms with Crippen LogP contribution in [-0.4, -0.2) is 23.3 Å². The summed E-state index contributed by atoms with van der Waals surface area (Å²) in [6.45, 7) is 8.27. The maximum absolute atomic E-state index is 6.21. The van der Waals surface area contributed by atoms with E-state index in [1.807, 2.05) is 6.07 Å². The molecule has 1 fully saturated rings. The second-order valence-corrected chi connectivity index (χ2v) is 8.31. The molecule has 0 aliphatic carbocycles. The van der Waals surface area contributed by atoms with Crippen LogP contribution in [0.4, 0.5) is 0 Å². The van der Waals surface area contributed by atoms with E-state index in [1.165, 1.54) is 16.2 Å². The zero-order chi connectivity index (χ0) is 18.8. The van der Waals surface area contributed by atoms with Gasteiger partial charge in [-0.15, -0.1) is 0 Å². The van der Waals surface area contributed by atoms with E-state index in [0.717, 1.165) is 21.9 Å². The van der Waals surface area contributed by atoms with E-state index in [2.05, 4.69) is 82.3 Å². The second kappa shape index (κ2) is 5.54. The maximum atomic E-state index is 6.21. The molecule has 1 aromatic heterocycles. The van der Waals surface area contributed by atoms with Gasteiger partial charge in [-0.3, -0.25) is 4.98 Å². The molecule has 3 nitrogen and oxygen atoms in total. The molecule has 5 rings (SSSR count). The van der Waals surface area contributed by atoms with Crippen LogP contribution in [0, 0.1) is 0 Å². The zero-order valence-corrected chi connectivity index (χ0v) is 16.1. The van der Waals surface area contributed by atoms with Crippen molar-refractivity contribution in [3.63, 3.8) is 0 Å². The number of rotatable bonds is 1. The molecule has 3 aromatic carbocycles. The first-order chi connectivity index (χ1) is 12.9. The molecule has 0 atom stereocenters. The Kier molecular flexibility index (Phi) is 3.43. The molecule has 0 unspecified atom stereocenters. The van der Waals surface area contributed by atoms with Gasteiger partial charge in [-0.2, -0.15) is 0 Å². The Labute approximate surface area is 159 Å². The fraction of sp³-hybridized carbons (Fsp3) is 0.261. The summed E-state index contributed by atoms with van der Waals surface area (Å²) in [7, 11) is -0.454. The predicted octanol–water partition coefficient (Wildman–Crippen LogP) is 4.84. The largest absolute Gasteiger partial charge is 0.514 e. The molecule has 0 saturated carbocycles. The van der Waals surface area contributed by atoms with Gasteiger partial charge in [0.05, 0.1) is 22.3 Å². The Morgan fingerprint density at radius 2 is 1.07 bits per heavy atom. The van der Waals surface area contributed by atoms with Gasteiger partial charge >= 0.3 is 7.12 Å². The lowest BCUT2D eigenvalue weighted by atomic mass is 9.83.